The Morgan fingerprint density at radius 1 is 1.48 bits per heavy atom. The maximum absolute atomic E-state index is 12.9. The molecule has 2 aromatic rings. The first-order chi connectivity index (χ1) is 13.1. The number of aryl methyl sites for hydroxylation is 1. The predicted octanol–water partition coefficient (Wildman–Crippen LogP) is 0.217. The van der Waals surface area contributed by atoms with E-state index in [9.17, 15) is 9.59 Å². The summed E-state index contributed by atoms with van der Waals surface area (Å²) < 4.78 is 7.43. The Morgan fingerprint density at radius 3 is 3.11 bits per heavy atom. The molecule has 2 atom stereocenters. The van der Waals surface area contributed by atoms with E-state index in [1.807, 2.05) is 16.9 Å². The molecule has 0 saturated carbocycles. The van der Waals surface area contributed by atoms with E-state index in [1.165, 1.54) is 11.3 Å². The molecule has 0 aromatic carbocycles. The fraction of sp³-hybridized carbons (Fsp3) is 0.529. The summed E-state index contributed by atoms with van der Waals surface area (Å²) in [6, 6.07) is 1.87. The molecule has 2 aliphatic heterocycles. The summed E-state index contributed by atoms with van der Waals surface area (Å²) in [5, 5.41) is 9.19. The summed E-state index contributed by atoms with van der Waals surface area (Å²) in [5.41, 5.74) is 5.29. The van der Waals surface area contributed by atoms with Crippen LogP contribution in [0.15, 0.2) is 23.8 Å². The van der Waals surface area contributed by atoms with Crippen LogP contribution in [0.4, 0.5) is 5.13 Å². The highest BCUT2D eigenvalue weighted by Crippen LogP contribution is 2.42. The molecule has 4 rings (SSSR count). The van der Waals surface area contributed by atoms with Crippen LogP contribution in [0.3, 0.4) is 0 Å². The normalized spacial score (nSPS) is 24.1. The van der Waals surface area contributed by atoms with Gasteiger partial charge < -0.3 is 20.7 Å². The summed E-state index contributed by atoms with van der Waals surface area (Å²) in [7, 11) is 0. The van der Waals surface area contributed by atoms with Crippen molar-refractivity contribution in [2.24, 2.45) is 11.3 Å². The first-order valence-electron chi connectivity index (χ1n) is 8.92. The van der Waals surface area contributed by atoms with Gasteiger partial charge in [-0.25, -0.2) is 4.98 Å². The molecule has 0 aliphatic carbocycles. The fourth-order valence-electron chi connectivity index (χ4n) is 3.81. The number of anilines is 1. The van der Waals surface area contributed by atoms with E-state index in [1.54, 1.807) is 16.5 Å². The van der Waals surface area contributed by atoms with Gasteiger partial charge in [-0.15, -0.1) is 11.3 Å². The van der Waals surface area contributed by atoms with Crippen LogP contribution in [0.2, 0.25) is 0 Å². The van der Waals surface area contributed by atoms with E-state index in [0.29, 0.717) is 43.7 Å². The number of fused-ring (bicyclic) bond motifs is 1. The molecular formula is C17H22N6O3S. The van der Waals surface area contributed by atoms with Crippen LogP contribution in [0.1, 0.15) is 16.9 Å². The smallest absolute Gasteiger partial charge is 0.273 e. The lowest BCUT2D eigenvalue weighted by Crippen LogP contribution is -2.47. The first-order valence-corrected chi connectivity index (χ1v) is 9.80. The molecule has 2 amide bonds. The number of thiazole rings is 1. The summed E-state index contributed by atoms with van der Waals surface area (Å²) in [4.78, 5) is 31.4. The van der Waals surface area contributed by atoms with E-state index >= 15 is 0 Å². The SMILES string of the molecule is Nc1nc(C(=O)N2C[C@H]3COC[C@@]3(C(=O)NCCCn3cccn3)C2)cs1. The van der Waals surface area contributed by atoms with Crippen molar-refractivity contribution in [3.05, 3.63) is 29.5 Å². The average molecular weight is 390 g/mol. The number of rotatable bonds is 6. The van der Waals surface area contributed by atoms with Crippen molar-refractivity contribution in [3.8, 4) is 0 Å². The van der Waals surface area contributed by atoms with E-state index in [0.717, 1.165) is 13.0 Å². The fourth-order valence-corrected chi connectivity index (χ4v) is 4.35. The minimum Gasteiger partial charge on any atom is -0.380 e. The van der Waals surface area contributed by atoms with Gasteiger partial charge in [0.15, 0.2) is 5.13 Å². The summed E-state index contributed by atoms with van der Waals surface area (Å²) in [5.74, 6) is -0.217. The second-order valence-electron chi connectivity index (χ2n) is 7.00. The molecular weight excluding hydrogens is 368 g/mol. The van der Waals surface area contributed by atoms with Crippen molar-refractivity contribution in [1.29, 1.82) is 0 Å². The van der Waals surface area contributed by atoms with Gasteiger partial charge in [-0.05, 0) is 12.5 Å². The number of hydrogen-bond acceptors (Lipinski definition) is 7. The molecule has 9 nitrogen and oxygen atoms in total. The zero-order valence-corrected chi connectivity index (χ0v) is 15.7. The summed E-state index contributed by atoms with van der Waals surface area (Å²) in [6.07, 6.45) is 4.42. The molecule has 0 unspecified atom stereocenters. The van der Waals surface area contributed by atoms with Crippen LogP contribution in [-0.2, 0) is 16.1 Å². The third-order valence-corrected chi connectivity index (χ3v) is 5.94. The number of nitrogen functional groups attached to an aromatic ring is 1. The zero-order valence-electron chi connectivity index (χ0n) is 14.8. The molecule has 2 saturated heterocycles. The molecule has 0 spiro atoms. The van der Waals surface area contributed by atoms with Gasteiger partial charge in [0.05, 0.1) is 18.6 Å². The minimum absolute atomic E-state index is 0.00329. The first kappa shape index (κ1) is 17.9. The molecule has 2 aliphatic rings. The van der Waals surface area contributed by atoms with Gasteiger partial charge in [0.25, 0.3) is 5.91 Å². The van der Waals surface area contributed by atoms with Crippen LogP contribution in [-0.4, -0.2) is 64.3 Å². The van der Waals surface area contributed by atoms with Gasteiger partial charge >= 0.3 is 0 Å². The van der Waals surface area contributed by atoms with Gasteiger partial charge in [0.2, 0.25) is 5.91 Å². The minimum atomic E-state index is -0.678. The van der Waals surface area contributed by atoms with Crippen molar-refractivity contribution in [3.63, 3.8) is 0 Å². The van der Waals surface area contributed by atoms with E-state index in [-0.39, 0.29) is 17.7 Å². The number of amides is 2. The molecule has 2 fully saturated rings. The van der Waals surface area contributed by atoms with E-state index < -0.39 is 5.41 Å². The van der Waals surface area contributed by atoms with Gasteiger partial charge in [-0.1, -0.05) is 0 Å². The Hall–Kier alpha value is -2.46. The van der Waals surface area contributed by atoms with E-state index in [2.05, 4.69) is 15.4 Å². The number of carbonyl (C=O) groups excluding carboxylic acids is 2. The van der Waals surface area contributed by atoms with E-state index in [4.69, 9.17) is 10.5 Å². The molecule has 0 bridgehead atoms. The highest BCUT2D eigenvalue weighted by Gasteiger charge is 2.56. The van der Waals surface area contributed by atoms with Crippen LogP contribution in [0.25, 0.3) is 0 Å². The second kappa shape index (κ2) is 7.28. The van der Waals surface area contributed by atoms with Crippen LogP contribution < -0.4 is 11.1 Å². The number of ether oxygens (including phenoxy) is 1. The maximum Gasteiger partial charge on any atom is 0.273 e. The Balaban J connectivity index is 1.36. The lowest BCUT2D eigenvalue weighted by molar-refractivity contribution is -0.131. The Labute approximate surface area is 160 Å². The van der Waals surface area contributed by atoms with Crippen LogP contribution >= 0.6 is 11.3 Å². The van der Waals surface area contributed by atoms with Crippen LogP contribution in [0.5, 0.6) is 0 Å². The van der Waals surface area contributed by atoms with Crippen LogP contribution in [0, 0.1) is 11.3 Å². The van der Waals surface area contributed by atoms with Crippen molar-refractivity contribution < 1.29 is 14.3 Å². The number of hydrogen-bond donors (Lipinski definition) is 2. The number of likely N-dealkylation sites (tertiary alicyclic amines) is 1. The summed E-state index contributed by atoms with van der Waals surface area (Å²) in [6.45, 7) is 2.98. The highest BCUT2D eigenvalue weighted by molar-refractivity contribution is 7.13. The molecule has 4 heterocycles. The zero-order chi connectivity index (χ0) is 18.9. The molecule has 27 heavy (non-hydrogen) atoms. The van der Waals surface area contributed by atoms with Gasteiger partial charge in [-0.3, -0.25) is 14.3 Å². The standard InChI is InChI=1S/C17H22N6O3S/c18-16-21-13(9-27-16)14(24)22-7-12-8-26-11-17(12,10-22)15(25)19-3-1-5-23-6-2-4-20-23/h2,4,6,9,12H,1,3,5,7-8,10-11H2,(H2,18,21)(H,19,25)/t12-,17-/m0/s1. The largest absolute Gasteiger partial charge is 0.380 e. The average Bonchev–Trinajstić information content (AvgIpc) is 3.41. The third-order valence-electron chi connectivity index (χ3n) is 5.26. The second-order valence-corrected chi connectivity index (χ2v) is 7.89. The number of nitrogens with one attached hydrogen (secondary N) is 1. The molecule has 144 valence electrons. The number of nitrogens with two attached hydrogens (primary N) is 1. The van der Waals surface area contributed by atoms with Crippen molar-refractivity contribution >= 4 is 28.3 Å². The van der Waals surface area contributed by atoms with Gasteiger partial charge in [0, 0.05) is 49.9 Å². The predicted molar refractivity (Wildman–Crippen MR) is 99.0 cm³/mol. The van der Waals surface area contributed by atoms with Crippen molar-refractivity contribution in [1.82, 2.24) is 25.0 Å². The lowest BCUT2D eigenvalue weighted by Gasteiger charge is -2.25. The maximum atomic E-state index is 12.9. The van der Waals surface area contributed by atoms with Crippen molar-refractivity contribution in [2.45, 2.75) is 13.0 Å². The third kappa shape index (κ3) is 3.42. The summed E-state index contributed by atoms with van der Waals surface area (Å²) >= 11 is 1.24. The Morgan fingerprint density at radius 2 is 2.37 bits per heavy atom. The molecule has 3 N–H and O–H groups in total. The molecule has 2 aromatic heterocycles. The number of aromatic nitrogens is 3. The monoisotopic (exact) mass is 390 g/mol. The van der Waals surface area contributed by atoms with Crippen molar-refractivity contribution in [2.75, 3.05) is 38.6 Å². The quantitative estimate of drug-likeness (QED) is 0.682. The number of carbonyl (C=O) groups is 2. The molecule has 10 heteroatoms. The van der Waals surface area contributed by atoms with Gasteiger partial charge in [-0.2, -0.15) is 5.10 Å². The topological polar surface area (TPSA) is 115 Å². The van der Waals surface area contributed by atoms with Gasteiger partial charge in [0.1, 0.15) is 5.69 Å². The molecule has 0 radical (unpaired) electrons. The Kier molecular flexibility index (Phi) is 4.83. The Bertz CT molecular complexity index is 823. The highest BCUT2D eigenvalue weighted by atomic mass is 32.1. The lowest BCUT2D eigenvalue weighted by atomic mass is 9.80. The number of nitrogens with zero attached hydrogens (tertiary/aromatic N) is 4.